The lowest BCUT2D eigenvalue weighted by Gasteiger charge is -2.09. The van der Waals surface area contributed by atoms with Crippen LogP contribution in [0.1, 0.15) is 0 Å². The molecule has 0 atom stereocenters. The topological polar surface area (TPSA) is 72.3 Å². The fraction of sp³-hybridized carbons (Fsp3) is 0.333. The SMILES string of the molecule is O=C1CNNC(=O)[N]1. The van der Waals surface area contributed by atoms with E-state index in [0.717, 1.165) is 0 Å². The molecule has 0 saturated carbocycles. The lowest BCUT2D eigenvalue weighted by atomic mass is 10.6. The first-order valence-electron chi connectivity index (χ1n) is 2.06. The van der Waals surface area contributed by atoms with Crippen LogP contribution >= 0.6 is 0 Å². The molecular weight excluding hydrogens is 110 g/mol. The van der Waals surface area contributed by atoms with Crippen LogP contribution in [-0.4, -0.2) is 18.5 Å². The van der Waals surface area contributed by atoms with Gasteiger partial charge in [-0.3, -0.25) is 10.2 Å². The summed E-state index contributed by atoms with van der Waals surface area (Å²) in [5.41, 5.74) is 4.48. The second-order valence-electron chi connectivity index (χ2n) is 1.29. The van der Waals surface area contributed by atoms with Crippen molar-refractivity contribution in [3.8, 4) is 0 Å². The molecule has 3 amide bonds. The average molecular weight is 114 g/mol. The van der Waals surface area contributed by atoms with Crippen LogP contribution in [0.5, 0.6) is 0 Å². The van der Waals surface area contributed by atoms with Crippen molar-refractivity contribution >= 4 is 11.9 Å². The minimum Gasteiger partial charge on any atom is -0.271 e. The first kappa shape index (κ1) is 5.04. The van der Waals surface area contributed by atoms with Gasteiger partial charge >= 0.3 is 6.03 Å². The molecule has 0 aliphatic carbocycles. The van der Waals surface area contributed by atoms with Crippen molar-refractivity contribution in [2.24, 2.45) is 0 Å². The fourth-order valence-electron chi connectivity index (χ4n) is 0.376. The molecular formula is C3H4N3O2. The molecule has 0 aromatic carbocycles. The zero-order valence-electron chi connectivity index (χ0n) is 3.97. The molecule has 5 nitrogen and oxygen atoms in total. The Hall–Kier alpha value is -1.10. The van der Waals surface area contributed by atoms with E-state index in [1.54, 1.807) is 0 Å². The van der Waals surface area contributed by atoms with E-state index < -0.39 is 11.9 Å². The molecule has 1 aliphatic heterocycles. The highest BCUT2D eigenvalue weighted by molar-refractivity contribution is 5.96. The average Bonchev–Trinajstić information content (AvgIpc) is 1.64. The highest BCUT2D eigenvalue weighted by Crippen LogP contribution is 1.73. The van der Waals surface area contributed by atoms with E-state index in [0.29, 0.717) is 0 Å². The molecule has 43 valence electrons. The van der Waals surface area contributed by atoms with Gasteiger partial charge in [-0.25, -0.2) is 10.2 Å². The predicted molar refractivity (Wildman–Crippen MR) is 23.7 cm³/mol. The van der Waals surface area contributed by atoms with Gasteiger partial charge in [0.2, 0.25) is 0 Å². The lowest BCUT2D eigenvalue weighted by molar-refractivity contribution is -0.120. The number of imide groups is 1. The van der Waals surface area contributed by atoms with Crippen molar-refractivity contribution in [3.63, 3.8) is 0 Å². The fourth-order valence-corrected chi connectivity index (χ4v) is 0.376. The zero-order valence-corrected chi connectivity index (χ0v) is 3.97. The standard InChI is InChI=1S/C3H4N3O2/c7-2-1-4-6-3(8)5-2/h4H,1H2,(H,6,8). The molecule has 1 aliphatic rings. The number of rotatable bonds is 0. The van der Waals surface area contributed by atoms with Gasteiger partial charge in [0.25, 0.3) is 5.91 Å². The molecule has 0 aromatic rings. The maximum Gasteiger partial charge on any atom is 0.358 e. The monoisotopic (exact) mass is 114 g/mol. The van der Waals surface area contributed by atoms with Gasteiger partial charge in [0, 0.05) is 0 Å². The summed E-state index contributed by atoms with van der Waals surface area (Å²) in [6, 6.07) is -0.624. The molecule has 0 unspecified atom stereocenters. The zero-order chi connectivity index (χ0) is 5.98. The Balaban J connectivity index is 2.45. The summed E-state index contributed by atoms with van der Waals surface area (Å²) >= 11 is 0. The van der Waals surface area contributed by atoms with Gasteiger partial charge in [-0.2, -0.15) is 5.32 Å². The summed E-state index contributed by atoms with van der Waals surface area (Å²) in [6.45, 7) is 0.0890. The third kappa shape index (κ3) is 0.941. The Morgan fingerprint density at radius 1 is 1.50 bits per heavy atom. The third-order valence-electron chi connectivity index (χ3n) is 0.661. The van der Waals surface area contributed by atoms with Crippen molar-refractivity contribution in [3.05, 3.63) is 0 Å². The van der Waals surface area contributed by atoms with Gasteiger partial charge in [-0.1, -0.05) is 0 Å². The highest BCUT2D eigenvalue weighted by Gasteiger charge is 2.14. The molecule has 8 heavy (non-hydrogen) atoms. The summed E-state index contributed by atoms with van der Waals surface area (Å²) in [6.07, 6.45) is 0. The smallest absolute Gasteiger partial charge is 0.271 e. The number of nitrogens with zero attached hydrogens (tertiary/aromatic N) is 1. The quantitative estimate of drug-likeness (QED) is 0.396. The van der Waals surface area contributed by atoms with Crippen molar-refractivity contribution in [1.29, 1.82) is 0 Å². The Kier molecular flexibility index (Phi) is 1.13. The van der Waals surface area contributed by atoms with Crippen molar-refractivity contribution in [2.75, 3.05) is 6.54 Å². The van der Waals surface area contributed by atoms with E-state index >= 15 is 0 Å². The molecule has 1 heterocycles. The van der Waals surface area contributed by atoms with Crippen LogP contribution in [-0.2, 0) is 4.79 Å². The van der Waals surface area contributed by atoms with Crippen molar-refractivity contribution in [2.45, 2.75) is 0 Å². The lowest BCUT2D eigenvalue weighted by Crippen LogP contribution is -2.52. The molecule has 5 heteroatoms. The maximum absolute atomic E-state index is 10.2. The summed E-state index contributed by atoms with van der Waals surface area (Å²) < 4.78 is 0. The van der Waals surface area contributed by atoms with Crippen LogP contribution in [0.25, 0.3) is 0 Å². The largest absolute Gasteiger partial charge is 0.358 e. The maximum atomic E-state index is 10.2. The summed E-state index contributed by atoms with van der Waals surface area (Å²) in [4.78, 5) is 20.3. The summed E-state index contributed by atoms with van der Waals surface area (Å²) in [5, 5.41) is 3.03. The van der Waals surface area contributed by atoms with Crippen LogP contribution in [0.3, 0.4) is 0 Å². The number of hydrazine groups is 1. The van der Waals surface area contributed by atoms with Crippen LogP contribution < -0.4 is 16.2 Å². The normalized spacial score (nSPS) is 19.5. The van der Waals surface area contributed by atoms with Gasteiger partial charge in [0.15, 0.2) is 0 Å². The van der Waals surface area contributed by atoms with Gasteiger partial charge in [0.05, 0.1) is 6.54 Å². The second-order valence-corrected chi connectivity index (χ2v) is 1.29. The molecule has 1 radical (unpaired) electrons. The molecule has 1 rings (SSSR count). The Morgan fingerprint density at radius 3 is 2.62 bits per heavy atom. The van der Waals surface area contributed by atoms with Crippen LogP contribution in [0.2, 0.25) is 0 Å². The van der Waals surface area contributed by atoms with Gasteiger partial charge in [0.1, 0.15) is 0 Å². The number of nitrogens with one attached hydrogen (secondary N) is 2. The van der Waals surface area contributed by atoms with E-state index in [9.17, 15) is 9.59 Å². The van der Waals surface area contributed by atoms with Gasteiger partial charge < -0.3 is 0 Å². The summed E-state index contributed by atoms with van der Waals surface area (Å²) in [5.74, 6) is -0.436. The molecule has 0 spiro atoms. The van der Waals surface area contributed by atoms with Crippen molar-refractivity contribution < 1.29 is 9.59 Å². The molecule has 0 aromatic heterocycles. The number of carbonyl (C=O) groups excluding carboxylic acids is 2. The van der Waals surface area contributed by atoms with E-state index in [1.807, 2.05) is 0 Å². The predicted octanol–water partition coefficient (Wildman–Crippen LogP) is -1.65. The van der Waals surface area contributed by atoms with Gasteiger partial charge in [-0.15, -0.1) is 0 Å². The summed E-state index contributed by atoms with van der Waals surface area (Å²) in [7, 11) is 0. The first-order valence-corrected chi connectivity index (χ1v) is 2.06. The minimum absolute atomic E-state index is 0.0890. The number of amides is 3. The van der Waals surface area contributed by atoms with Crippen molar-refractivity contribution in [1.82, 2.24) is 16.2 Å². The Morgan fingerprint density at radius 2 is 2.25 bits per heavy atom. The van der Waals surface area contributed by atoms with E-state index in [4.69, 9.17) is 0 Å². The van der Waals surface area contributed by atoms with E-state index in [1.165, 1.54) is 0 Å². The third-order valence-corrected chi connectivity index (χ3v) is 0.661. The van der Waals surface area contributed by atoms with Crippen LogP contribution in [0.4, 0.5) is 4.79 Å². The number of carbonyl (C=O) groups is 2. The molecule has 0 bridgehead atoms. The second kappa shape index (κ2) is 1.79. The van der Waals surface area contributed by atoms with E-state index in [2.05, 4.69) is 16.2 Å². The van der Waals surface area contributed by atoms with Gasteiger partial charge in [-0.05, 0) is 0 Å². The first-order chi connectivity index (χ1) is 3.79. The van der Waals surface area contributed by atoms with E-state index in [-0.39, 0.29) is 6.54 Å². The molecule has 2 N–H and O–H groups in total. The Labute approximate surface area is 45.4 Å². The number of urea groups is 1. The minimum atomic E-state index is -0.624. The number of hydrogen-bond acceptors (Lipinski definition) is 3. The molecule has 1 fully saturated rings. The Bertz CT molecular complexity index is 118. The van der Waals surface area contributed by atoms with Crippen LogP contribution in [0.15, 0.2) is 0 Å². The number of hydrogen-bond donors (Lipinski definition) is 2. The highest BCUT2D eigenvalue weighted by atomic mass is 16.2. The molecule has 1 saturated heterocycles. The van der Waals surface area contributed by atoms with Crippen LogP contribution in [0, 0.1) is 0 Å².